The average molecular weight is 429 g/mol. The van der Waals surface area contributed by atoms with Crippen LogP contribution in [0, 0.1) is 12.5 Å². The van der Waals surface area contributed by atoms with Crippen molar-refractivity contribution in [3.05, 3.63) is 75.9 Å². The monoisotopic (exact) mass is 428 g/mol. The largest absolute Gasteiger partial charge is 0.396 e. The molecule has 0 atom stereocenters. The predicted octanol–water partition coefficient (Wildman–Crippen LogP) is 4.82. The fourth-order valence-corrected chi connectivity index (χ4v) is 4.30. The van der Waals surface area contributed by atoms with Crippen LogP contribution < -0.4 is 10.5 Å². The lowest BCUT2D eigenvalue weighted by Gasteiger charge is -2.32. The lowest BCUT2D eigenvalue weighted by Crippen LogP contribution is -2.36. The number of aromatic nitrogens is 2. The molecule has 0 radical (unpaired) electrons. The van der Waals surface area contributed by atoms with E-state index in [0.717, 1.165) is 48.5 Å². The summed E-state index contributed by atoms with van der Waals surface area (Å²) < 4.78 is 0. The van der Waals surface area contributed by atoms with E-state index in [1.807, 2.05) is 36.4 Å². The first-order valence-corrected chi connectivity index (χ1v) is 11.2. The molecule has 0 unspecified atom stereocenters. The summed E-state index contributed by atoms with van der Waals surface area (Å²) in [5.41, 5.74) is 4.11. The van der Waals surface area contributed by atoms with Crippen LogP contribution in [0.5, 0.6) is 0 Å². The summed E-state index contributed by atoms with van der Waals surface area (Å²) in [5, 5.41) is 9.18. The average Bonchev–Trinajstić information content (AvgIpc) is 2.84. The van der Waals surface area contributed by atoms with Gasteiger partial charge in [-0.15, -0.1) is 0 Å². The first kappa shape index (κ1) is 21.8. The van der Waals surface area contributed by atoms with Gasteiger partial charge in [0.1, 0.15) is 0 Å². The third kappa shape index (κ3) is 4.58. The van der Waals surface area contributed by atoms with Gasteiger partial charge >= 0.3 is 0 Å². The van der Waals surface area contributed by atoms with Gasteiger partial charge in [0.15, 0.2) is 5.69 Å². The van der Waals surface area contributed by atoms with Crippen molar-refractivity contribution >= 4 is 11.6 Å². The summed E-state index contributed by atoms with van der Waals surface area (Å²) in [4.78, 5) is 26.9. The zero-order valence-electron chi connectivity index (χ0n) is 18.3. The Morgan fingerprint density at radius 1 is 1.09 bits per heavy atom. The van der Waals surface area contributed by atoms with E-state index in [2.05, 4.69) is 21.7 Å². The maximum absolute atomic E-state index is 13.3. The van der Waals surface area contributed by atoms with E-state index in [-0.39, 0.29) is 12.2 Å². The number of hydrogen-bond acceptors (Lipinski definition) is 4. The molecule has 0 bridgehead atoms. The van der Waals surface area contributed by atoms with Crippen LogP contribution in [0.25, 0.3) is 27.2 Å². The lowest BCUT2D eigenvalue weighted by molar-refractivity contribution is 0.299. The van der Waals surface area contributed by atoms with Crippen LogP contribution in [0.15, 0.2) is 53.3 Å². The number of anilines is 1. The van der Waals surface area contributed by atoms with E-state index >= 15 is 0 Å². The first-order chi connectivity index (χ1) is 15.6. The van der Waals surface area contributed by atoms with E-state index in [1.165, 1.54) is 6.42 Å². The van der Waals surface area contributed by atoms with Gasteiger partial charge in [0.05, 0.1) is 17.8 Å². The molecule has 0 saturated carbocycles. The zero-order valence-corrected chi connectivity index (χ0v) is 18.3. The number of piperidine rings is 1. The van der Waals surface area contributed by atoms with Crippen molar-refractivity contribution in [2.45, 2.75) is 32.6 Å². The predicted molar refractivity (Wildman–Crippen MR) is 128 cm³/mol. The molecule has 6 nitrogen and oxygen atoms in total. The van der Waals surface area contributed by atoms with Gasteiger partial charge in [0.2, 0.25) is 5.95 Å². The molecule has 2 N–H and O–H groups in total. The van der Waals surface area contributed by atoms with Crippen molar-refractivity contribution in [1.82, 2.24) is 9.97 Å². The molecule has 1 fully saturated rings. The lowest BCUT2D eigenvalue weighted by atomic mass is 9.94. The number of benzene rings is 2. The van der Waals surface area contributed by atoms with Crippen molar-refractivity contribution < 1.29 is 5.11 Å². The van der Waals surface area contributed by atoms with E-state index in [0.29, 0.717) is 29.3 Å². The summed E-state index contributed by atoms with van der Waals surface area (Å²) in [7, 11) is 0. The summed E-state index contributed by atoms with van der Waals surface area (Å²) in [6.45, 7) is 11.3. The first-order valence-electron chi connectivity index (χ1n) is 11.2. The number of nitrogens with zero attached hydrogens (tertiary/aromatic N) is 3. The highest BCUT2D eigenvalue weighted by Crippen LogP contribution is 2.31. The third-order valence-corrected chi connectivity index (χ3v) is 6.31. The van der Waals surface area contributed by atoms with Gasteiger partial charge in [-0.3, -0.25) is 9.78 Å². The molecule has 0 aliphatic carbocycles. The van der Waals surface area contributed by atoms with Crippen molar-refractivity contribution in [2.75, 3.05) is 24.6 Å². The number of rotatable bonds is 6. The molecular formula is C26H28N4O2. The molecule has 3 aromatic rings. The Labute approximate surface area is 188 Å². The molecule has 164 valence electrons. The highest BCUT2D eigenvalue weighted by atomic mass is 16.3. The van der Waals surface area contributed by atoms with Crippen LogP contribution in [-0.4, -0.2) is 34.8 Å². The molecule has 0 amide bonds. The second-order valence-electron chi connectivity index (χ2n) is 8.28. The fraction of sp³-hybridized carbons (Fsp3) is 0.346. The van der Waals surface area contributed by atoms with E-state index in [9.17, 15) is 9.90 Å². The number of H-pyrrole nitrogens is 1. The van der Waals surface area contributed by atoms with Crippen LogP contribution in [-0.2, 0) is 6.42 Å². The molecular weight excluding hydrogens is 400 g/mol. The summed E-state index contributed by atoms with van der Waals surface area (Å²) in [6.07, 6.45) is 3.96. The second kappa shape index (κ2) is 9.80. The molecule has 1 aliphatic rings. The Morgan fingerprint density at radius 3 is 2.34 bits per heavy atom. The van der Waals surface area contributed by atoms with Gasteiger partial charge in [0.25, 0.3) is 5.56 Å². The van der Waals surface area contributed by atoms with Gasteiger partial charge in [0, 0.05) is 19.7 Å². The molecule has 6 heteroatoms. The summed E-state index contributed by atoms with van der Waals surface area (Å²) in [5.74, 6) is 1.34. The quantitative estimate of drug-likeness (QED) is 0.552. The van der Waals surface area contributed by atoms with E-state index in [4.69, 9.17) is 11.6 Å². The van der Waals surface area contributed by atoms with Crippen LogP contribution in [0.1, 0.15) is 31.7 Å². The second-order valence-corrected chi connectivity index (χ2v) is 8.28. The Bertz CT molecular complexity index is 1150. The number of aliphatic hydroxyl groups is 1. The SMILES string of the molecule is [C-]#[N+]c1ccc(-c2nc(N3CCC(CC)CC3)[nH]c(=O)c2-c2ccc(CCO)cc2)cc1. The van der Waals surface area contributed by atoms with Gasteiger partial charge in [-0.05, 0) is 41.9 Å². The molecule has 0 spiro atoms. The molecule has 2 heterocycles. The van der Waals surface area contributed by atoms with Crippen molar-refractivity contribution in [3.63, 3.8) is 0 Å². The zero-order chi connectivity index (χ0) is 22.5. The van der Waals surface area contributed by atoms with Crippen LogP contribution in [0.2, 0.25) is 0 Å². The molecule has 2 aromatic carbocycles. The minimum absolute atomic E-state index is 0.0869. The number of nitrogens with one attached hydrogen (secondary N) is 1. The van der Waals surface area contributed by atoms with Gasteiger partial charge < -0.3 is 10.0 Å². The summed E-state index contributed by atoms with van der Waals surface area (Å²) >= 11 is 0. The Kier molecular flexibility index (Phi) is 6.67. The van der Waals surface area contributed by atoms with Crippen LogP contribution in [0.3, 0.4) is 0 Å². The normalized spacial score (nSPS) is 14.3. The molecule has 1 saturated heterocycles. The van der Waals surface area contributed by atoms with E-state index in [1.54, 1.807) is 12.1 Å². The number of aliphatic hydroxyl groups excluding tert-OH is 1. The minimum Gasteiger partial charge on any atom is -0.396 e. The maximum Gasteiger partial charge on any atom is 0.260 e. The maximum atomic E-state index is 13.3. The Hall–Kier alpha value is -3.43. The van der Waals surface area contributed by atoms with Crippen molar-refractivity contribution in [2.24, 2.45) is 5.92 Å². The molecule has 32 heavy (non-hydrogen) atoms. The highest BCUT2D eigenvalue weighted by Gasteiger charge is 2.22. The molecule has 4 rings (SSSR count). The topological polar surface area (TPSA) is 73.6 Å². The van der Waals surface area contributed by atoms with Gasteiger partial charge in [-0.25, -0.2) is 9.83 Å². The number of aromatic amines is 1. The Balaban J connectivity index is 1.79. The van der Waals surface area contributed by atoms with Crippen LogP contribution in [0.4, 0.5) is 11.6 Å². The highest BCUT2D eigenvalue weighted by molar-refractivity contribution is 5.81. The standard InChI is InChI=1S/C26H28N4O2/c1-3-18-12-15-30(16-13-18)26-28-24(21-8-10-22(27-2)11-9-21)23(25(32)29-26)20-6-4-19(5-7-20)14-17-31/h4-11,18,31H,3,12-17H2,1H3,(H,28,29,32). The van der Waals surface area contributed by atoms with Crippen LogP contribution >= 0.6 is 0 Å². The smallest absolute Gasteiger partial charge is 0.260 e. The number of hydrogen-bond donors (Lipinski definition) is 2. The Morgan fingerprint density at radius 2 is 1.75 bits per heavy atom. The minimum atomic E-state index is -0.174. The molecule has 1 aromatic heterocycles. The van der Waals surface area contributed by atoms with E-state index < -0.39 is 0 Å². The van der Waals surface area contributed by atoms with Crippen molar-refractivity contribution in [3.8, 4) is 22.4 Å². The fourth-order valence-electron chi connectivity index (χ4n) is 4.30. The molecule has 1 aliphatic heterocycles. The van der Waals surface area contributed by atoms with Gasteiger partial charge in [-0.2, -0.15) is 0 Å². The van der Waals surface area contributed by atoms with Crippen molar-refractivity contribution in [1.29, 1.82) is 0 Å². The van der Waals surface area contributed by atoms with Gasteiger partial charge in [-0.1, -0.05) is 61.9 Å². The summed E-state index contributed by atoms with van der Waals surface area (Å²) in [6, 6.07) is 14.9. The third-order valence-electron chi connectivity index (χ3n) is 6.31.